The highest BCUT2D eigenvalue weighted by Crippen LogP contribution is 2.23. The van der Waals surface area contributed by atoms with E-state index in [4.69, 9.17) is 28.0 Å². The summed E-state index contributed by atoms with van der Waals surface area (Å²) >= 11 is 0. The minimum atomic E-state index is -1.30. The first kappa shape index (κ1) is 48.3. The molecule has 0 spiro atoms. The maximum Gasteiger partial charge on any atom is 0.305 e. The van der Waals surface area contributed by atoms with Gasteiger partial charge in [0, 0.05) is 19.6 Å². The third kappa shape index (κ3) is 15.5. The quantitative estimate of drug-likeness (QED) is 0.0217. The normalized spacial score (nSPS) is 19.2. The molecule has 20 nitrogen and oxygen atoms in total. The maximum absolute atomic E-state index is 14.2. The summed E-state index contributed by atoms with van der Waals surface area (Å²) in [4.78, 5) is 111. The topological polar surface area (TPSA) is 328 Å². The second-order valence-electron chi connectivity index (χ2n) is 15.6. The third-order valence-electron chi connectivity index (χ3n) is 10.00. The smallest absolute Gasteiger partial charge is 0.305 e. The SMILES string of the molecule is CC(C)C[C@H](NC(=O)[C@@H]1CCCN1C(=O)[C@H](CCCCN)NC(=O)[C@@H]1CCCN1C(=O)[C@@H](N)CCCN=C(N)N)C(=O)N[C@H](C(=O)N[C@H](C=O)CC(=O)O)C(C)C. The molecule has 0 aromatic carbocycles. The fourth-order valence-electron chi connectivity index (χ4n) is 7.03. The number of nitrogens with two attached hydrogens (primary N) is 4. The van der Waals surface area contributed by atoms with Gasteiger partial charge in [0.1, 0.15) is 36.5 Å². The number of amides is 6. The van der Waals surface area contributed by atoms with E-state index in [0.717, 1.165) is 0 Å². The van der Waals surface area contributed by atoms with Crippen molar-refractivity contribution in [3.8, 4) is 0 Å². The predicted molar refractivity (Wildman–Crippen MR) is 211 cm³/mol. The molecule has 2 fully saturated rings. The number of aldehydes is 1. The van der Waals surface area contributed by atoms with Gasteiger partial charge in [0.25, 0.3) is 0 Å². The van der Waals surface area contributed by atoms with Crippen LogP contribution in [0.3, 0.4) is 0 Å². The summed E-state index contributed by atoms with van der Waals surface area (Å²) in [5.74, 6) is -5.26. The van der Waals surface area contributed by atoms with Gasteiger partial charge in [-0.2, -0.15) is 0 Å². The molecule has 2 aliphatic rings. The first-order valence-electron chi connectivity index (χ1n) is 19.9. The highest BCUT2D eigenvalue weighted by molar-refractivity contribution is 5.97. The average Bonchev–Trinajstić information content (AvgIpc) is 3.84. The van der Waals surface area contributed by atoms with Crippen molar-refractivity contribution >= 4 is 53.7 Å². The van der Waals surface area contributed by atoms with Gasteiger partial charge in [0.2, 0.25) is 35.4 Å². The standard InChI is InChI=1S/C37H65N11O9/c1-21(2)18-26(31(52)46-30(22(3)4)34(55)43-23(20-49)19-29(50)51)45-33(54)28-13-9-17-48(28)36(57)25(11-5-6-14-38)44-32(53)27-12-8-16-47(27)35(56)24(39)10-7-15-42-37(40)41/h20-28,30H,5-19,38-39H2,1-4H3,(H,43,55)(H,44,53)(H,45,54)(H,46,52)(H,50,51)(H4,40,41,42)/t23-,24-,25-,26-,27-,28-,30-/m0/s1. The molecule has 0 saturated carbocycles. The lowest BCUT2D eigenvalue weighted by Crippen LogP contribution is -2.60. The van der Waals surface area contributed by atoms with E-state index < -0.39 is 90.1 Å². The number of aliphatic carboxylic acids is 1. The molecule has 13 N–H and O–H groups in total. The highest BCUT2D eigenvalue weighted by Gasteiger charge is 2.42. The van der Waals surface area contributed by atoms with Gasteiger partial charge < -0.3 is 63.9 Å². The van der Waals surface area contributed by atoms with Crippen molar-refractivity contribution in [1.82, 2.24) is 31.1 Å². The van der Waals surface area contributed by atoms with Crippen LogP contribution in [0.25, 0.3) is 0 Å². The van der Waals surface area contributed by atoms with Crippen molar-refractivity contribution < 1.29 is 43.5 Å². The molecule has 322 valence electrons. The predicted octanol–water partition coefficient (Wildman–Crippen LogP) is -2.21. The monoisotopic (exact) mass is 807 g/mol. The number of nitrogens with zero attached hydrogens (tertiary/aromatic N) is 3. The second kappa shape index (κ2) is 24.0. The molecule has 2 heterocycles. The Morgan fingerprint density at radius 2 is 1.37 bits per heavy atom. The number of guanidine groups is 1. The van der Waals surface area contributed by atoms with E-state index >= 15 is 0 Å². The Morgan fingerprint density at radius 3 is 1.88 bits per heavy atom. The van der Waals surface area contributed by atoms with Gasteiger partial charge in [-0.1, -0.05) is 27.7 Å². The molecule has 0 unspecified atom stereocenters. The van der Waals surface area contributed by atoms with E-state index in [2.05, 4.69) is 26.3 Å². The van der Waals surface area contributed by atoms with Crippen LogP contribution < -0.4 is 44.2 Å². The van der Waals surface area contributed by atoms with Crippen molar-refractivity contribution in [3.63, 3.8) is 0 Å². The number of nitrogens with one attached hydrogen (secondary N) is 4. The Hall–Kier alpha value is -4.85. The number of hydrogen-bond acceptors (Lipinski definition) is 11. The van der Waals surface area contributed by atoms with Crippen molar-refractivity contribution in [2.75, 3.05) is 26.2 Å². The molecule has 0 bridgehead atoms. The maximum atomic E-state index is 14.2. The van der Waals surface area contributed by atoms with Crippen LogP contribution in [0.15, 0.2) is 4.99 Å². The summed E-state index contributed by atoms with van der Waals surface area (Å²) in [7, 11) is 0. The summed E-state index contributed by atoms with van der Waals surface area (Å²) in [6.07, 6.45) is 3.72. The summed E-state index contributed by atoms with van der Waals surface area (Å²) in [5, 5.41) is 19.7. The molecule has 0 aromatic rings. The lowest BCUT2D eigenvalue weighted by atomic mass is 9.99. The molecule has 57 heavy (non-hydrogen) atoms. The van der Waals surface area contributed by atoms with Crippen LogP contribution in [-0.4, -0.2) is 137 Å². The third-order valence-corrected chi connectivity index (χ3v) is 10.00. The largest absolute Gasteiger partial charge is 0.481 e. The number of likely N-dealkylation sites (tertiary alicyclic amines) is 2. The fraction of sp³-hybridized carbons (Fsp3) is 0.757. The second-order valence-corrected chi connectivity index (χ2v) is 15.6. The number of rotatable bonds is 24. The zero-order valence-corrected chi connectivity index (χ0v) is 33.7. The molecule has 0 aromatic heterocycles. The van der Waals surface area contributed by atoms with Gasteiger partial charge in [-0.25, -0.2) is 0 Å². The number of carbonyl (C=O) groups is 8. The van der Waals surface area contributed by atoms with Crippen LogP contribution in [-0.2, 0) is 38.4 Å². The van der Waals surface area contributed by atoms with Crippen LogP contribution in [0.1, 0.15) is 98.3 Å². The van der Waals surface area contributed by atoms with Crippen LogP contribution in [0.5, 0.6) is 0 Å². The Balaban J connectivity index is 2.21. The zero-order valence-electron chi connectivity index (χ0n) is 33.7. The molecule has 2 aliphatic heterocycles. The van der Waals surface area contributed by atoms with Gasteiger partial charge in [0.15, 0.2) is 5.96 Å². The van der Waals surface area contributed by atoms with E-state index in [1.54, 1.807) is 13.8 Å². The molecule has 2 rings (SSSR count). The van der Waals surface area contributed by atoms with Crippen LogP contribution in [0, 0.1) is 11.8 Å². The van der Waals surface area contributed by atoms with Crippen molar-refractivity contribution in [3.05, 3.63) is 0 Å². The summed E-state index contributed by atoms with van der Waals surface area (Å²) in [5.41, 5.74) is 22.6. The van der Waals surface area contributed by atoms with Gasteiger partial charge in [0.05, 0.1) is 18.5 Å². The number of carboxylic acids is 1. The summed E-state index contributed by atoms with van der Waals surface area (Å²) in [6, 6.07) is -7.23. The molecule has 0 aliphatic carbocycles. The van der Waals surface area contributed by atoms with Gasteiger partial charge in [-0.15, -0.1) is 0 Å². The van der Waals surface area contributed by atoms with E-state index in [0.29, 0.717) is 77.3 Å². The number of carboxylic acid groups (broad SMARTS) is 1. The lowest BCUT2D eigenvalue weighted by Gasteiger charge is -2.32. The Labute approximate surface area is 334 Å². The van der Waals surface area contributed by atoms with Gasteiger partial charge in [-0.05, 0) is 82.6 Å². The molecule has 6 amide bonds. The summed E-state index contributed by atoms with van der Waals surface area (Å²) in [6.45, 7) is 8.25. The highest BCUT2D eigenvalue weighted by atomic mass is 16.4. The van der Waals surface area contributed by atoms with Gasteiger partial charge >= 0.3 is 5.97 Å². The molecule has 2 saturated heterocycles. The van der Waals surface area contributed by atoms with Crippen molar-refractivity contribution in [2.45, 2.75) is 141 Å². The molecular formula is C37H65N11O9. The average molecular weight is 808 g/mol. The number of carbonyl (C=O) groups excluding carboxylic acids is 7. The first-order chi connectivity index (χ1) is 26.9. The van der Waals surface area contributed by atoms with Crippen molar-refractivity contribution in [2.24, 2.45) is 39.8 Å². The Bertz CT molecular complexity index is 1440. The van der Waals surface area contributed by atoms with Crippen molar-refractivity contribution in [1.29, 1.82) is 0 Å². The first-order valence-corrected chi connectivity index (χ1v) is 19.9. The molecule has 20 heteroatoms. The van der Waals surface area contributed by atoms with Crippen LogP contribution in [0.2, 0.25) is 0 Å². The van der Waals surface area contributed by atoms with Crippen LogP contribution in [0.4, 0.5) is 0 Å². The Kier molecular flexibility index (Phi) is 20.4. The zero-order chi connectivity index (χ0) is 42.8. The molecule has 7 atom stereocenters. The number of aliphatic imine (C=N–C) groups is 1. The van der Waals surface area contributed by atoms with E-state index in [9.17, 15) is 38.4 Å². The summed E-state index contributed by atoms with van der Waals surface area (Å²) < 4.78 is 0. The minimum absolute atomic E-state index is 0.0623. The molecule has 0 radical (unpaired) electrons. The Morgan fingerprint density at radius 1 is 0.789 bits per heavy atom. The van der Waals surface area contributed by atoms with Crippen LogP contribution >= 0.6 is 0 Å². The fourth-order valence-corrected chi connectivity index (χ4v) is 7.03. The number of unbranched alkanes of at least 4 members (excludes halogenated alkanes) is 1. The molecular weight excluding hydrogens is 742 g/mol. The lowest BCUT2D eigenvalue weighted by molar-refractivity contribution is -0.144. The van der Waals surface area contributed by atoms with Gasteiger partial charge in [-0.3, -0.25) is 38.6 Å². The van der Waals surface area contributed by atoms with E-state index in [-0.39, 0.29) is 37.2 Å². The van der Waals surface area contributed by atoms with E-state index in [1.165, 1.54) is 9.80 Å². The van der Waals surface area contributed by atoms with E-state index in [1.807, 2.05) is 13.8 Å². The minimum Gasteiger partial charge on any atom is -0.481 e. The number of hydrogen-bond donors (Lipinski definition) is 9.